The van der Waals surface area contributed by atoms with Crippen LogP contribution in [0, 0.1) is 11.6 Å². The molecule has 1 unspecified atom stereocenters. The molecule has 130 valence electrons. The first kappa shape index (κ1) is 16.1. The molecule has 0 amide bonds. The molecule has 0 radical (unpaired) electrons. The maximum atomic E-state index is 13.7. The summed E-state index contributed by atoms with van der Waals surface area (Å²) in [6, 6.07) is 8.70. The summed E-state index contributed by atoms with van der Waals surface area (Å²) in [6.07, 6.45) is -5.37. The maximum Gasteiger partial charge on any atom is 0.390 e. The second-order valence-electron chi connectivity index (χ2n) is 6.67. The molecule has 0 N–H and O–H groups in total. The van der Waals surface area contributed by atoms with Gasteiger partial charge in [0.25, 0.3) is 0 Å². The summed E-state index contributed by atoms with van der Waals surface area (Å²) >= 11 is 0. The van der Waals surface area contributed by atoms with Crippen LogP contribution in [-0.2, 0) is 12.0 Å². The summed E-state index contributed by atoms with van der Waals surface area (Å²) in [5.74, 6) is -1.66. The van der Waals surface area contributed by atoms with E-state index in [0.717, 1.165) is 12.1 Å². The summed E-state index contributed by atoms with van der Waals surface area (Å²) in [5, 5.41) is 0. The van der Waals surface area contributed by atoms with Crippen molar-refractivity contribution in [3.8, 4) is 11.4 Å². The van der Waals surface area contributed by atoms with Crippen molar-refractivity contribution in [3.63, 3.8) is 0 Å². The Morgan fingerprint density at radius 2 is 1.80 bits per heavy atom. The molecule has 1 aromatic heterocycles. The Balaban J connectivity index is 2.00. The van der Waals surface area contributed by atoms with Crippen LogP contribution in [0.2, 0.25) is 0 Å². The second kappa shape index (κ2) is 5.03. The Labute approximate surface area is 139 Å². The molecule has 0 saturated carbocycles. The van der Waals surface area contributed by atoms with Gasteiger partial charge in [-0.2, -0.15) is 13.2 Å². The van der Waals surface area contributed by atoms with Crippen LogP contribution < -0.4 is 0 Å². The molecule has 4 rings (SSSR count). The van der Waals surface area contributed by atoms with Gasteiger partial charge in [-0.25, -0.2) is 13.8 Å². The molecular weight excluding hydrogens is 339 g/mol. The van der Waals surface area contributed by atoms with Gasteiger partial charge in [-0.15, -0.1) is 0 Å². The van der Waals surface area contributed by atoms with Gasteiger partial charge in [-0.1, -0.05) is 31.2 Å². The number of nitrogens with zero attached hydrogens (tertiary/aromatic N) is 2. The molecule has 0 fully saturated rings. The molecule has 1 aliphatic rings. The van der Waals surface area contributed by atoms with Gasteiger partial charge >= 0.3 is 6.18 Å². The quantitative estimate of drug-likeness (QED) is 0.550. The van der Waals surface area contributed by atoms with Crippen LogP contribution >= 0.6 is 0 Å². The highest BCUT2D eigenvalue weighted by Gasteiger charge is 2.44. The molecule has 7 heteroatoms. The molecule has 2 heterocycles. The van der Waals surface area contributed by atoms with Crippen LogP contribution in [0.15, 0.2) is 36.4 Å². The number of hydrogen-bond acceptors (Lipinski definition) is 1. The molecule has 1 aliphatic heterocycles. The van der Waals surface area contributed by atoms with Crippen LogP contribution in [0.25, 0.3) is 22.4 Å². The van der Waals surface area contributed by atoms with Gasteiger partial charge in [0, 0.05) is 29.7 Å². The molecule has 0 saturated heterocycles. The van der Waals surface area contributed by atoms with Gasteiger partial charge < -0.3 is 4.57 Å². The number of rotatable bonds is 1. The van der Waals surface area contributed by atoms with Crippen molar-refractivity contribution in [1.82, 2.24) is 9.55 Å². The zero-order valence-electron chi connectivity index (χ0n) is 13.2. The van der Waals surface area contributed by atoms with Gasteiger partial charge in [0.15, 0.2) is 11.6 Å². The third-order valence-corrected chi connectivity index (χ3v) is 4.71. The van der Waals surface area contributed by atoms with Gasteiger partial charge in [0.1, 0.15) is 5.82 Å². The number of fused-ring (bicyclic) bond motifs is 5. The van der Waals surface area contributed by atoms with Crippen molar-refractivity contribution in [2.45, 2.75) is 31.5 Å². The molecule has 1 atom stereocenters. The Bertz CT molecular complexity index is 989. The fourth-order valence-electron chi connectivity index (χ4n) is 3.72. The van der Waals surface area contributed by atoms with E-state index in [1.807, 2.05) is 0 Å². The lowest BCUT2D eigenvalue weighted by molar-refractivity contribution is -0.148. The zero-order chi connectivity index (χ0) is 18.0. The van der Waals surface area contributed by atoms with Gasteiger partial charge in [0.05, 0.1) is 17.5 Å². The Morgan fingerprint density at radius 3 is 2.52 bits per heavy atom. The van der Waals surface area contributed by atoms with Crippen molar-refractivity contribution in [3.05, 3.63) is 53.6 Å². The molecule has 0 spiro atoms. The third kappa shape index (κ3) is 2.49. The van der Waals surface area contributed by atoms with E-state index in [4.69, 9.17) is 0 Å². The first-order chi connectivity index (χ1) is 11.7. The second-order valence-corrected chi connectivity index (χ2v) is 6.67. The molecule has 2 nitrogen and oxygen atoms in total. The minimum absolute atomic E-state index is 0.0135. The molecule has 0 aliphatic carbocycles. The van der Waals surface area contributed by atoms with E-state index in [0.29, 0.717) is 17.0 Å². The number of benzene rings is 2. The standard InChI is InChI=1S/C18H13F5N2/c1-17(8-18(21,22)23)9-25-15-7-13(20)12(19)6-14(15)24-16(25)10-4-2-3-5-11(10)17/h2-7H,8-9H2,1H3. The monoisotopic (exact) mass is 352 g/mol. The topological polar surface area (TPSA) is 17.8 Å². The minimum atomic E-state index is -4.35. The van der Waals surface area contributed by atoms with Crippen molar-refractivity contribution >= 4 is 11.0 Å². The number of aromatic nitrogens is 2. The van der Waals surface area contributed by atoms with Gasteiger partial charge in [-0.05, 0) is 5.56 Å². The van der Waals surface area contributed by atoms with Crippen LogP contribution in [0.3, 0.4) is 0 Å². The minimum Gasteiger partial charge on any atom is -0.323 e. The van der Waals surface area contributed by atoms with Crippen LogP contribution in [0.4, 0.5) is 22.0 Å². The fourth-order valence-corrected chi connectivity index (χ4v) is 3.72. The van der Waals surface area contributed by atoms with Crippen molar-refractivity contribution < 1.29 is 22.0 Å². The lowest BCUT2D eigenvalue weighted by atomic mass is 9.74. The van der Waals surface area contributed by atoms with E-state index in [1.165, 1.54) is 6.92 Å². The van der Waals surface area contributed by atoms with Crippen molar-refractivity contribution in [2.75, 3.05) is 0 Å². The number of hydrogen-bond donors (Lipinski definition) is 0. The van der Waals surface area contributed by atoms with E-state index in [-0.39, 0.29) is 17.6 Å². The lowest BCUT2D eigenvalue weighted by Crippen LogP contribution is -2.37. The molecule has 25 heavy (non-hydrogen) atoms. The SMILES string of the molecule is CC1(CC(F)(F)F)Cn2c(nc3cc(F)c(F)cc32)-c2ccccc21. The summed E-state index contributed by atoms with van der Waals surface area (Å²) < 4.78 is 68.3. The average Bonchev–Trinajstić information content (AvgIpc) is 2.84. The Morgan fingerprint density at radius 1 is 1.12 bits per heavy atom. The van der Waals surface area contributed by atoms with Crippen LogP contribution in [0.5, 0.6) is 0 Å². The first-order valence-electron chi connectivity index (χ1n) is 7.70. The zero-order valence-corrected chi connectivity index (χ0v) is 13.2. The highest BCUT2D eigenvalue weighted by molar-refractivity contribution is 5.82. The predicted molar refractivity (Wildman–Crippen MR) is 83.1 cm³/mol. The normalized spacial score (nSPS) is 19.8. The summed E-state index contributed by atoms with van der Waals surface area (Å²) in [5.41, 5.74) is 0.380. The van der Waals surface area contributed by atoms with Crippen LogP contribution in [0.1, 0.15) is 18.9 Å². The highest BCUT2D eigenvalue weighted by atomic mass is 19.4. The van der Waals surface area contributed by atoms with E-state index >= 15 is 0 Å². The van der Waals surface area contributed by atoms with E-state index < -0.39 is 29.6 Å². The molecule has 0 bridgehead atoms. The van der Waals surface area contributed by atoms with E-state index in [2.05, 4.69) is 4.98 Å². The predicted octanol–water partition coefficient (Wildman–Crippen LogP) is 5.21. The largest absolute Gasteiger partial charge is 0.390 e. The Hall–Kier alpha value is -2.44. The number of imidazole rings is 1. The van der Waals surface area contributed by atoms with Gasteiger partial charge in [-0.3, -0.25) is 0 Å². The average molecular weight is 352 g/mol. The summed E-state index contributed by atoms with van der Waals surface area (Å²) in [4.78, 5) is 4.33. The maximum absolute atomic E-state index is 13.7. The highest BCUT2D eigenvalue weighted by Crippen LogP contribution is 2.46. The van der Waals surface area contributed by atoms with Gasteiger partial charge in [0.2, 0.25) is 0 Å². The van der Waals surface area contributed by atoms with Crippen molar-refractivity contribution in [1.29, 1.82) is 0 Å². The number of alkyl halides is 3. The van der Waals surface area contributed by atoms with E-state index in [1.54, 1.807) is 28.8 Å². The van der Waals surface area contributed by atoms with Crippen molar-refractivity contribution in [2.24, 2.45) is 0 Å². The first-order valence-corrected chi connectivity index (χ1v) is 7.70. The molecule has 3 aromatic rings. The Kier molecular flexibility index (Phi) is 3.23. The lowest BCUT2D eigenvalue weighted by Gasteiger charge is -2.37. The third-order valence-electron chi connectivity index (χ3n) is 4.71. The summed E-state index contributed by atoms with van der Waals surface area (Å²) in [6.45, 7) is 1.52. The fraction of sp³-hybridized carbons (Fsp3) is 0.278. The molecular formula is C18H13F5N2. The molecule has 2 aromatic carbocycles. The number of halogens is 5. The van der Waals surface area contributed by atoms with E-state index in [9.17, 15) is 22.0 Å². The van der Waals surface area contributed by atoms with Crippen LogP contribution in [-0.4, -0.2) is 15.7 Å². The summed E-state index contributed by atoms with van der Waals surface area (Å²) in [7, 11) is 0. The smallest absolute Gasteiger partial charge is 0.323 e.